The molecule has 0 amide bonds. The van der Waals surface area contributed by atoms with Crippen molar-refractivity contribution in [2.45, 2.75) is 5.41 Å². The van der Waals surface area contributed by atoms with Gasteiger partial charge in [-0.2, -0.15) is 0 Å². The van der Waals surface area contributed by atoms with Gasteiger partial charge in [0.05, 0.1) is 16.8 Å². The van der Waals surface area contributed by atoms with Crippen LogP contribution in [0.25, 0.3) is 87.2 Å². The normalized spacial score (nSPS) is 13.1. The zero-order chi connectivity index (χ0) is 36.8. The van der Waals surface area contributed by atoms with Gasteiger partial charge >= 0.3 is 0 Å². The molecule has 2 aliphatic rings. The van der Waals surface area contributed by atoms with E-state index >= 15 is 0 Å². The molecule has 0 atom stereocenters. The summed E-state index contributed by atoms with van der Waals surface area (Å²) in [6.45, 7) is 0. The molecular weight excluding hydrogens is 695 g/mol. The van der Waals surface area contributed by atoms with Gasteiger partial charge in [0, 0.05) is 20.7 Å². The smallest absolute Gasteiger partial charge is 0.0740 e. The molecule has 0 unspecified atom stereocenters. The number of aromatic nitrogens is 1. The summed E-state index contributed by atoms with van der Waals surface area (Å²) in [6.07, 6.45) is 0. The molecule has 2 aliphatic carbocycles. The van der Waals surface area contributed by atoms with E-state index in [1.165, 1.54) is 81.4 Å². The monoisotopic (exact) mass is 727 g/mol. The number of hydrogen-bond donors (Lipinski definition) is 0. The molecule has 1 spiro atoms. The number of rotatable bonds is 4. The van der Waals surface area contributed by atoms with Gasteiger partial charge in [-0.05, 0) is 108 Å². The van der Waals surface area contributed by atoms with Crippen molar-refractivity contribution in [3.05, 3.63) is 222 Å². The molecule has 0 fully saturated rings. The van der Waals surface area contributed by atoms with E-state index in [9.17, 15) is 0 Å². The van der Waals surface area contributed by atoms with Gasteiger partial charge in [0.25, 0.3) is 0 Å². The second kappa shape index (κ2) is 12.1. The summed E-state index contributed by atoms with van der Waals surface area (Å²) in [6, 6.07) is 73.6. The Kier molecular flexibility index (Phi) is 6.78. The van der Waals surface area contributed by atoms with E-state index in [1.807, 2.05) is 11.3 Å². The maximum absolute atomic E-state index is 5.20. The topological polar surface area (TPSA) is 12.9 Å². The Labute approximate surface area is 329 Å². The van der Waals surface area contributed by atoms with E-state index in [2.05, 4.69) is 200 Å². The van der Waals surface area contributed by atoms with Crippen LogP contribution in [-0.2, 0) is 5.41 Å². The van der Waals surface area contributed by atoms with Crippen molar-refractivity contribution >= 4 is 32.2 Å². The Bertz CT molecular complexity index is 3140. The van der Waals surface area contributed by atoms with Crippen LogP contribution in [0.1, 0.15) is 22.3 Å². The molecule has 2 heterocycles. The van der Waals surface area contributed by atoms with E-state index < -0.39 is 0 Å². The highest BCUT2D eigenvalue weighted by molar-refractivity contribution is 7.22. The largest absolute Gasteiger partial charge is 0.248 e. The van der Waals surface area contributed by atoms with Gasteiger partial charge in [-0.25, -0.2) is 4.98 Å². The molecule has 2 aromatic heterocycles. The third-order valence-corrected chi connectivity index (χ3v) is 13.3. The number of pyridine rings is 1. The Balaban J connectivity index is 1.00. The predicted molar refractivity (Wildman–Crippen MR) is 235 cm³/mol. The standard InChI is InChI=1S/C54H33NS/c1-2-13-37(14-3-1)49-32-41(33-50(55-49)40-27-26-34-12-4-5-15-38(34)30-40)36-24-22-35(23-25-36)39-28-29-44-48(31-39)54(52-45-18-8-11-21-51(45)56-53(44)52)46-19-9-6-16-42(46)43-17-7-10-20-47(43)54/h1-33H. The number of nitrogens with zero attached hydrogens (tertiary/aromatic N) is 1. The van der Waals surface area contributed by atoms with Gasteiger partial charge in [-0.15, -0.1) is 11.3 Å². The Hall–Kier alpha value is -6.87. The van der Waals surface area contributed by atoms with Gasteiger partial charge in [0.2, 0.25) is 0 Å². The van der Waals surface area contributed by atoms with E-state index in [-0.39, 0.29) is 5.41 Å². The van der Waals surface area contributed by atoms with E-state index in [0.717, 1.165) is 28.1 Å². The summed E-state index contributed by atoms with van der Waals surface area (Å²) in [5.74, 6) is 0. The molecule has 1 nitrogen and oxygen atoms in total. The first-order chi connectivity index (χ1) is 27.7. The van der Waals surface area contributed by atoms with Crippen LogP contribution in [0, 0.1) is 0 Å². The molecule has 0 saturated heterocycles. The Morgan fingerprint density at radius 1 is 0.357 bits per heavy atom. The van der Waals surface area contributed by atoms with Crippen LogP contribution in [0.2, 0.25) is 0 Å². The average molecular weight is 728 g/mol. The number of thiophene rings is 1. The summed E-state index contributed by atoms with van der Waals surface area (Å²) in [5, 5.41) is 3.80. The number of benzene rings is 8. The SMILES string of the molecule is c1ccc(-c2cc(-c3ccc(-c4ccc5c(c4)C4(c6ccccc6-c6ccccc64)c4c-5sc5ccccc45)cc3)cc(-c3ccc4ccccc4c3)n2)cc1. The Morgan fingerprint density at radius 3 is 1.71 bits per heavy atom. The molecule has 0 radical (unpaired) electrons. The molecule has 8 aromatic carbocycles. The summed E-state index contributed by atoms with van der Waals surface area (Å²) in [7, 11) is 0. The third-order valence-electron chi connectivity index (χ3n) is 12.1. The van der Waals surface area contributed by atoms with Gasteiger partial charge in [-0.3, -0.25) is 0 Å². The molecule has 56 heavy (non-hydrogen) atoms. The first-order valence-corrected chi connectivity index (χ1v) is 20.1. The highest BCUT2D eigenvalue weighted by Gasteiger charge is 2.53. The lowest BCUT2D eigenvalue weighted by Crippen LogP contribution is -2.25. The quantitative estimate of drug-likeness (QED) is 0.176. The highest BCUT2D eigenvalue weighted by Crippen LogP contribution is 2.66. The van der Waals surface area contributed by atoms with Gasteiger partial charge < -0.3 is 0 Å². The minimum absolute atomic E-state index is 0.378. The molecule has 10 aromatic rings. The fourth-order valence-corrected chi connectivity index (χ4v) is 10.9. The van der Waals surface area contributed by atoms with Gasteiger partial charge in [0.1, 0.15) is 0 Å². The highest BCUT2D eigenvalue weighted by atomic mass is 32.1. The molecule has 0 aliphatic heterocycles. The molecule has 12 rings (SSSR count). The van der Waals surface area contributed by atoms with Crippen LogP contribution >= 0.6 is 11.3 Å². The van der Waals surface area contributed by atoms with Crippen molar-refractivity contribution in [3.63, 3.8) is 0 Å². The Morgan fingerprint density at radius 2 is 0.946 bits per heavy atom. The summed E-state index contributed by atoms with van der Waals surface area (Å²) in [5.41, 5.74) is 18.1. The van der Waals surface area contributed by atoms with Crippen molar-refractivity contribution in [3.8, 4) is 66.3 Å². The van der Waals surface area contributed by atoms with Gasteiger partial charge in [0.15, 0.2) is 0 Å². The number of fused-ring (bicyclic) bond motifs is 13. The van der Waals surface area contributed by atoms with Crippen LogP contribution in [0.15, 0.2) is 200 Å². The van der Waals surface area contributed by atoms with Crippen LogP contribution in [0.4, 0.5) is 0 Å². The van der Waals surface area contributed by atoms with Crippen molar-refractivity contribution in [2.75, 3.05) is 0 Å². The van der Waals surface area contributed by atoms with Gasteiger partial charge in [-0.1, -0.05) is 170 Å². The predicted octanol–water partition coefficient (Wildman–Crippen LogP) is 14.5. The summed E-state index contributed by atoms with van der Waals surface area (Å²) in [4.78, 5) is 6.60. The maximum atomic E-state index is 5.20. The van der Waals surface area contributed by atoms with Crippen LogP contribution < -0.4 is 0 Å². The van der Waals surface area contributed by atoms with E-state index in [1.54, 1.807) is 0 Å². The molecular formula is C54H33NS. The average Bonchev–Trinajstić information content (AvgIpc) is 3.90. The molecule has 260 valence electrons. The van der Waals surface area contributed by atoms with Crippen molar-refractivity contribution in [2.24, 2.45) is 0 Å². The fourth-order valence-electron chi connectivity index (χ4n) is 9.57. The van der Waals surface area contributed by atoms with Crippen molar-refractivity contribution in [1.29, 1.82) is 0 Å². The van der Waals surface area contributed by atoms with Crippen molar-refractivity contribution in [1.82, 2.24) is 4.98 Å². The minimum atomic E-state index is -0.378. The third kappa shape index (κ3) is 4.51. The van der Waals surface area contributed by atoms with Crippen molar-refractivity contribution < 1.29 is 0 Å². The lowest BCUT2D eigenvalue weighted by Gasteiger charge is -2.30. The zero-order valence-electron chi connectivity index (χ0n) is 30.4. The maximum Gasteiger partial charge on any atom is 0.0740 e. The van der Waals surface area contributed by atoms with E-state index in [4.69, 9.17) is 4.98 Å². The number of hydrogen-bond acceptors (Lipinski definition) is 2. The lowest BCUT2D eigenvalue weighted by molar-refractivity contribution is 0.803. The lowest BCUT2D eigenvalue weighted by atomic mass is 9.70. The van der Waals surface area contributed by atoms with Crippen LogP contribution in [0.5, 0.6) is 0 Å². The zero-order valence-corrected chi connectivity index (χ0v) is 31.2. The summed E-state index contributed by atoms with van der Waals surface area (Å²) < 4.78 is 1.35. The van der Waals surface area contributed by atoms with E-state index in [0.29, 0.717) is 0 Å². The molecule has 0 N–H and O–H groups in total. The van der Waals surface area contributed by atoms with Crippen LogP contribution in [-0.4, -0.2) is 4.98 Å². The molecule has 0 bridgehead atoms. The first-order valence-electron chi connectivity index (χ1n) is 19.3. The summed E-state index contributed by atoms with van der Waals surface area (Å²) >= 11 is 1.93. The second-order valence-corrected chi connectivity index (χ2v) is 16.1. The van der Waals surface area contributed by atoms with Crippen LogP contribution in [0.3, 0.4) is 0 Å². The first kappa shape index (κ1) is 31.5. The molecule has 0 saturated carbocycles. The fraction of sp³-hybridized carbons (Fsp3) is 0.0185. The molecule has 2 heteroatoms. The second-order valence-electron chi connectivity index (χ2n) is 15.0. The minimum Gasteiger partial charge on any atom is -0.248 e.